The highest BCUT2D eigenvalue weighted by Gasteiger charge is 2.09. The molecule has 3 heteroatoms. The predicted octanol–water partition coefficient (Wildman–Crippen LogP) is 1.53. The molecular formula is C9H10O3. The second-order valence-corrected chi connectivity index (χ2v) is 2.15. The smallest absolute Gasteiger partial charge is 0.333 e. The largest absolute Gasteiger partial charge is 0.459 e. The predicted molar refractivity (Wildman–Crippen MR) is 44.1 cm³/mol. The van der Waals surface area contributed by atoms with E-state index in [1.165, 1.54) is 12.3 Å². The first-order chi connectivity index (χ1) is 5.83. The molecule has 1 heterocycles. The van der Waals surface area contributed by atoms with Crippen LogP contribution in [0.15, 0.2) is 36.6 Å². The first kappa shape index (κ1) is 8.59. The van der Waals surface area contributed by atoms with Crippen LogP contribution in [0.25, 0.3) is 0 Å². The second-order valence-electron chi connectivity index (χ2n) is 2.15. The zero-order valence-corrected chi connectivity index (χ0v) is 6.77. The number of allylic oxidation sites excluding steroid dienone is 3. The Kier molecular flexibility index (Phi) is 3.14. The van der Waals surface area contributed by atoms with Gasteiger partial charge in [-0.2, -0.15) is 0 Å². The lowest BCUT2D eigenvalue weighted by atomic mass is 10.4. The lowest BCUT2D eigenvalue weighted by Gasteiger charge is -2.13. The lowest BCUT2D eigenvalue weighted by Crippen LogP contribution is -2.16. The minimum atomic E-state index is -0.585. The second kappa shape index (κ2) is 4.38. The summed E-state index contributed by atoms with van der Waals surface area (Å²) in [5.41, 5.74) is 0. The van der Waals surface area contributed by atoms with Gasteiger partial charge >= 0.3 is 5.97 Å². The van der Waals surface area contributed by atoms with Crippen molar-refractivity contribution in [3.8, 4) is 0 Å². The van der Waals surface area contributed by atoms with Gasteiger partial charge in [0, 0.05) is 6.08 Å². The van der Waals surface area contributed by atoms with Crippen LogP contribution in [-0.4, -0.2) is 12.3 Å². The summed E-state index contributed by atoms with van der Waals surface area (Å²) in [6.45, 7) is 1.75. The van der Waals surface area contributed by atoms with Gasteiger partial charge in [0.1, 0.15) is 0 Å². The summed E-state index contributed by atoms with van der Waals surface area (Å²) in [4.78, 5) is 10.9. The first-order valence-corrected chi connectivity index (χ1v) is 3.65. The third-order valence-electron chi connectivity index (χ3n) is 1.21. The summed E-state index contributed by atoms with van der Waals surface area (Å²) in [5, 5.41) is 0. The fourth-order valence-electron chi connectivity index (χ4n) is 0.725. The number of carbonyl (C=O) groups is 1. The molecule has 1 aliphatic heterocycles. The Balaban J connectivity index is 2.36. The molecule has 0 aromatic heterocycles. The van der Waals surface area contributed by atoms with Gasteiger partial charge in [-0.15, -0.1) is 0 Å². The van der Waals surface area contributed by atoms with Crippen molar-refractivity contribution in [1.29, 1.82) is 0 Å². The molecule has 0 saturated carbocycles. The van der Waals surface area contributed by atoms with Gasteiger partial charge in [0.2, 0.25) is 0 Å². The SMILES string of the molecule is CC=CC(=O)OC1C=CC=CO1. The van der Waals surface area contributed by atoms with Gasteiger partial charge in [-0.3, -0.25) is 0 Å². The number of hydrogen-bond acceptors (Lipinski definition) is 3. The first-order valence-electron chi connectivity index (χ1n) is 3.65. The molecule has 12 heavy (non-hydrogen) atoms. The third kappa shape index (κ3) is 2.62. The average Bonchev–Trinajstić information content (AvgIpc) is 2.06. The van der Waals surface area contributed by atoms with E-state index >= 15 is 0 Å². The Morgan fingerprint density at radius 2 is 2.42 bits per heavy atom. The van der Waals surface area contributed by atoms with Crippen molar-refractivity contribution < 1.29 is 14.3 Å². The van der Waals surface area contributed by atoms with Crippen molar-refractivity contribution in [2.24, 2.45) is 0 Å². The van der Waals surface area contributed by atoms with Gasteiger partial charge < -0.3 is 9.47 Å². The van der Waals surface area contributed by atoms with Gasteiger partial charge in [0.15, 0.2) is 0 Å². The topological polar surface area (TPSA) is 35.5 Å². The maximum absolute atomic E-state index is 10.9. The van der Waals surface area contributed by atoms with Crippen LogP contribution in [0.5, 0.6) is 0 Å². The van der Waals surface area contributed by atoms with Crippen LogP contribution in [0.2, 0.25) is 0 Å². The van der Waals surface area contributed by atoms with Crippen LogP contribution in [0.1, 0.15) is 6.92 Å². The van der Waals surface area contributed by atoms with Crippen LogP contribution in [0.3, 0.4) is 0 Å². The zero-order chi connectivity index (χ0) is 8.81. The molecule has 0 spiro atoms. The highest BCUT2D eigenvalue weighted by molar-refractivity contribution is 5.81. The molecule has 0 N–H and O–H groups in total. The lowest BCUT2D eigenvalue weighted by molar-refractivity contribution is -0.155. The molecule has 1 unspecified atom stereocenters. The van der Waals surface area contributed by atoms with Gasteiger partial charge in [0.25, 0.3) is 6.29 Å². The average molecular weight is 166 g/mol. The maximum Gasteiger partial charge on any atom is 0.333 e. The standard InChI is InChI=1S/C9H10O3/c1-2-5-8(10)12-9-6-3-4-7-11-9/h2-7,9H,1H3. The van der Waals surface area contributed by atoms with Crippen molar-refractivity contribution >= 4 is 5.97 Å². The summed E-state index contributed by atoms with van der Waals surface area (Å²) < 4.78 is 9.80. The molecule has 64 valence electrons. The molecule has 1 aliphatic rings. The van der Waals surface area contributed by atoms with Gasteiger partial charge in [-0.25, -0.2) is 4.79 Å². The number of ether oxygens (including phenoxy) is 2. The number of carbonyl (C=O) groups excluding carboxylic acids is 1. The number of rotatable bonds is 2. The minimum absolute atomic E-state index is 0.401. The Morgan fingerprint density at radius 3 is 3.00 bits per heavy atom. The number of hydrogen-bond donors (Lipinski definition) is 0. The van der Waals surface area contributed by atoms with Crippen LogP contribution in [0, 0.1) is 0 Å². The monoisotopic (exact) mass is 166 g/mol. The normalized spacial score (nSPS) is 20.9. The molecule has 0 aromatic rings. The molecule has 0 bridgehead atoms. The van der Waals surface area contributed by atoms with Crippen LogP contribution < -0.4 is 0 Å². The summed E-state index contributed by atoms with van der Waals surface area (Å²) in [7, 11) is 0. The molecule has 0 aromatic carbocycles. The highest BCUT2D eigenvalue weighted by Crippen LogP contribution is 2.04. The molecule has 1 atom stereocenters. The summed E-state index contributed by atoms with van der Waals surface area (Å²) in [6, 6.07) is 0. The van der Waals surface area contributed by atoms with Crippen molar-refractivity contribution in [1.82, 2.24) is 0 Å². The van der Waals surface area contributed by atoms with E-state index in [9.17, 15) is 4.79 Å². The Bertz CT molecular complexity index is 238. The summed E-state index contributed by atoms with van der Waals surface area (Å²) in [5.74, 6) is -0.401. The maximum atomic E-state index is 10.9. The Morgan fingerprint density at radius 1 is 1.58 bits per heavy atom. The van der Waals surface area contributed by atoms with E-state index in [1.54, 1.807) is 31.2 Å². The number of esters is 1. The molecule has 0 amide bonds. The van der Waals surface area contributed by atoms with E-state index in [0.29, 0.717) is 0 Å². The van der Waals surface area contributed by atoms with E-state index in [1.807, 2.05) is 0 Å². The van der Waals surface area contributed by atoms with E-state index in [-0.39, 0.29) is 0 Å². The quantitative estimate of drug-likeness (QED) is 0.461. The Hall–Kier alpha value is -1.51. The minimum Gasteiger partial charge on any atom is -0.459 e. The molecule has 1 rings (SSSR count). The van der Waals surface area contributed by atoms with Crippen LogP contribution in [-0.2, 0) is 14.3 Å². The molecule has 0 fully saturated rings. The van der Waals surface area contributed by atoms with Crippen LogP contribution in [0.4, 0.5) is 0 Å². The van der Waals surface area contributed by atoms with Crippen molar-refractivity contribution in [3.63, 3.8) is 0 Å². The van der Waals surface area contributed by atoms with Crippen molar-refractivity contribution in [2.75, 3.05) is 0 Å². The summed E-state index contributed by atoms with van der Waals surface area (Å²) >= 11 is 0. The van der Waals surface area contributed by atoms with Crippen molar-refractivity contribution in [3.05, 3.63) is 36.6 Å². The van der Waals surface area contributed by atoms with Gasteiger partial charge in [-0.1, -0.05) is 12.2 Å². The fraction of sp³-hybridized carbons (Fsp3) is 0.222. The highest BCUT2D eigenvalue weighted by atomic mass is 16.7. The molecule has 0 aliphatic carbocycles. The van der Waals surface area contributed by atoms with Crippen LogP contribution >= 0.6 is 0 Å². The molecule has 3 nitrogen and oxygen atoms in total. The zero-order valence-electron chi connectivity index (χ0n) is 6.77. The Labute approximate surface area is 71.0 Å². The summed E-state index contributed by atoms with van der Waals surface area (Å²) in [6.07, 6.45) is 8.99. The van der Waals surface area contributed by atoms with Gasteiger partial charge in [-0.05, 0) is 19.1 Å². The third-order valence-corrected chi connectivity index (χ3v) is 1.21. The fourth-order valence-corrected chi connectivity index (χ4v) is 0.725. The van der Waals surface area contributed by atoms with E-state index in [4.69, 9.17) is 9.47 Å². The van der Waals surface area contributed by atoms with E-state index in [0.717, 1.165) is 0 Å². The molecular weight excluding hydrogens is 156 g/mol. The molecule has 0 saturated heterocycles. The molecule has 0 radical (unpaired) electrons. The van der Waals surface area contributed by atoms with E-state index < -0.39 is 12.3 Å². The van der Waals surface area contributed by atoms with Crippen molar-refractivity contribution in [2.45, 2.75) is 13.2 Å². The van der Waals surface area contributed by atoms with Gasteiger partial charge in [0.05, 0.1) is 6.26 Å². The van der Waals surface area contributed by atoms with E-state index in [2.05, 4.69) is 0 Å².